The quantitative estimate of drug-likeness (QED) is 0.290. The zero-order chi connectivity index (χ0) is 25.5. The van der Waals surface area contributed by atoms with Crippen molar-refractivity contribution >= 4 is 35.0 Å². The summed E-state index contributed by atoms with van der Waals surface area (Å²) in [6.07, 6.45) is 4.08. The van der Waals surface area contributed by atoms with Gasteiger partial charge in [-0.05, 0) is 73.6 Å². The van der Waals surface area contributed by atoms with Crippen LogP contribution < -0.4 is 16.4 Å². The van der Waals surface area contributed by atoms with E-state index in [1.165, 1.54) is 31.4 Å². The highest BCUT2D eigenvalue weighted by Gasteiger charge is 2.24. The fourth-order valence-corrected chi connectivity index (χ4v) is 4.12. The Morgan fingerprint density at radius 2 is 1.86 bits per heavy atom. The van der Waals surface area contributed by atoms with Crippen molar-refractivity contribution in [1.29, 1.82) is 0 Å². The first-order valence-electron chi connectivity index (χ1n) is 11.7. The molecule has 0 saturated heterocycles. The summed E-state index contributed by atoms with van der Waals surface area (Å²) in [6.45, 7) is 0.368. The van der Waals surface area contributed by atoms with Crippen molar-refractivity contribution in [1.82, 2.24) is 10.2 Å². The Morgan fingerprint density at radius 3 is 2.56 bits per heavy atom. The fraction of sp³-hybridized carbons (Fsp3) is 0.360. The Bertz CT molecular complexity index is 1190. The smallest absolute Gasteiger partial charge is 0.320 e. The third-order valence-electron chi connectivity index (χ3n) is 6.07. The van der Waals surface area contributed by atoms with E-state index < -0.39 is 5.91 Å². The van der Waals surface area contributed by atoms with E-state index in [4.69, 9.17) is 14.9 Å². The molecule has 10 nitrogen and oxygen atoms in total. The van der Waals surface area contributed by atoms with Crippen LogP contribution in [-0.4, -0.2) is 41.9 Å². The number of hydrogen-bond donors (Lipinski definition) is 3. The maximum absolute atomic E-state index is 13.0. The second kappa shape index (κ2) is 11.6. The lowest BCUT2D eigenvalue weighted by Crippen LogP contribution is -2.22. The van der Waals surface area contributed by atoms with Crippen LogP contribution in [0.1, 0.15) is 54.3 Å². The van der Waals surface area contributed by atoms with E-state index in [0.29, 0.717) is 29.6 Å². The molecule has 3 aromatic rings. The Balaban J connectivity index is 1.29. The Labute approximate surface area is 207 Å². The number of halogens is 1. The van der Waals surface area contributed by atoms with Gasteiger partial charge in [-0.25, -0.2) is 4.39 Å². The average molecular weight is 498 g/mol. The molecule has 0 bridgehead atoms. The van der Waals surface area contributed by atoms with Crippen LogP contribution in [0.3, 0.4) is 0 Å². The summed E-state index contributed by atoms with van der Waals surface area (Å²) in [7, 11) is 1.37. The van der Waals surface area contributed by atoms with Crippen LogP contribution >= 0.6 is 0 Å². The van der Waals surface area contributed by atoms with Gasteiger partial charge in [0.1, 0.15) is 5.82 Å². The van der Waals surface area contributed by atoms with Crippen molar-refractivity contribution < 1.29 is 27.9 Å². The lowest BCUT2D eigenvalue weighted by atomic mass is 9.82. The summed E-state index contributed by atoms with van der Waals surface area (Å²) in [5, 5.41) is 13.0. The summed E-state index contributed by atoms with van der Waals surface area (Å²) in [6, 6.07) is 11.2. The first-order chi connectivity index (χ1) is 17.4. The normalized spacial score (nSPS) is 17.4. The first kappa shape index (κ1) is 25.1. The van der Waals surface area contributed by atoms with Crippen molar-refractivity contribution in [2.24, 2.45) is 0 Å². The lowest BCUT2D eigenvalue weighted by molar-refractivity contribution is -0.142. The number of benzene rings is 2. The maximum atomic E-state index is 13.0. The van der Waals surface area contributed by atoms with E-state index >= 15 is 0 Å². The number of nitrogen functional groups attached to an aromatic ring is 1. The standard InChI is InChI=1S/C25H28FN5O5/c1-34-22(32)12-13-35-19-9-2-15(3-10-19)16-4-11-21(20(27)14-16)29-23(33)24-30-31-25(36-24)28-18-7-5-17(26)6-8-18/h4-8,11,14-15,19H,2-3,9-10,12-13,27H2,1H3,(H,28,31)(H,29,33). The highest BCUT2D eigenvalue weighted by Crippen LogP contribution is 2.36. The molecule has 0 spiro atoms. The fourth-order valence-electron chi connectivity index (χ4n) is 4.12. The van der Waals surface area contributed by atoms with Gasteiger partial charge in [0.25, 0.3) is 0 Å². The van der Waals surface area contributed by atoms with Crippen LogP contribution in [0.4, 0.5) is 27.5 Å². The zero-order valence-corrected chi connectivity index (χ0v) is 19.8. The van der Waals surface area contributed by atoms with Crippen LogP contribution in [0.2, 0.25) is 0 Å². The number of aromatic nitrogens is 2. The second-order valence-corrected chi connectivity index (χ2v) is 8.52. The molecule has 1 saturated carbocycles. The Morgan fingerprint density at radius 1 is 1.11 bits per heavy atom. The van der Waals surface area contributed by atoms with Crippen molar-refractivity contribution in [3.05, 3.63) is 59.7 Å². The average Bonchev–Trinajstić information content (AvgIpc) is 3.35. The van der Waals surface area contributed by atoms with Crippen LogP contribution in [-0.2, 0) is 14.3 Å². The van der Waals surface area contributed by atoms with Gasteiger partial charge in [-0.3, -0.25) is 9.59 Å². The summed E-state index contributed by atoms with van der Waals surface area (Å²) in [5.74, 6) is -1.14. The molecule has 1 aromatic heterocycles. The van der Waals surface area contributed by atoms with Gasteiger partial charge in [0.15, 0.2) is 0 Å². The molecule has 4 rings (SSSR count). The summed E-state index contributed by atoms with van der Waals surface area (Å²) in [5.41, 5.74) is 8.72. The van der Waals surface area contributed by atoms with E-state index in [0.717, 1.165) is 31.2 Å². The van der Waals surface area contributed by atoms with Crippen molar-refractivity contribution in [2.45, 2.75) is 44.1 Å². The number of amides is 1. The van der Waals surface area contributed by atoms with Gasteiger partial charge in [-0.15, -0.1) is 5.10 Å². The Hall–Kier alpha value is -3.99. The molecule has 1 heterocycles. The molecular formula is C25H28FN5O5. The van der Waals surface area contributed by atoms with Crippen molar-refractivity contribution in [3.63, 3.8) is 0 Å². The predicted octanol–water partition coefficient (Wildman–Crippen LogP) is 4.39. The molecule has 2 aromatic carbocycles. The number of ether oxygens (including phenoxy) is 2. The number of nitrogens with one attached hydrogen (secondary N) is 2. The van der Waals surface area contributed by atoms with Crippen molar-refractivity contribution in [3.8, 4) is 0 Å². The Kier molecular flexibility index (Phi) is 8.11. The number of methoxy groups -OCH3 is 1. The van der Waals surface area contributed by atoms with E-state index in [1.807, 2.05) is 12.1 Å². The van der Waals surface area contributed by atoms with Gasteiger partial charge in [0.05, 0.1) is 37.6 Å². The highest BCUT2D eigenvalue weighted by molar-refractivity contribution is 6.02. The van der Waals surface area contributed by atoms with Crippen LogP contribution in [0.25, 0.3) is 0 Å². The van der Waals surface area contributed by atoms with E-state index in [-0.39, 0.29) is 36.2 Å². The summed E-state index contributed by atoms with van der Waals surface area (Å²) in [4.78, 5) is 23.8. The number of nitrogens with zero attached hydrogens (tertiary/aromatic N) is 2. The SMILES string of the molecule is COC(=O)CCOC1CCC(c2ccc(NC(=O)c3nnc(Nc4ccc(F)cc4)o3)c(N)c2)CC1. The van der Waals surface area contributed by atoms with E-state index in [1.54, 1.807) is 6.07 Å². The third-order valence-corrected chi connectivity index (χ3v) is 6.07. The molecule has 1 fully saturated rings. The van der Waals surface area contributed by atoms with Crippen molar-refractivity contribution in [2.75, 3.05) is 30.1 Å². The van der Waals surface area contributed by atoms with Gasteiger partial charge in [-0.1, -0.05) is 11.2 Å². The summed E-state index contributed by atoms with van der Waals surface area (Å²) >= 11 is 0. The number of esters is 1. The number of rotatable bonds is 9. The molecule has 36 heavy (non-hydrogen) atoms. The monoisotopic (exact) mass is 497 g/mol. The van der Waals surface area contributed by atoms with Crippen LogP contribution in [0, 0.1) is 5.82 Å². The van der Waals surface area contributed by atoms with E-state index in [2.05, 4.69) is 25.6 Å². The minimum atomic E-state index is -0.598. The van der Waals surface area contributed by atoms with Gasteiger partial charge in [-0.2, -0.15) is 0 Å². The maximum Gasteiger partial charge on any atom is 0.320 e. The molecule has 0 atom stereocenters. The number of carbonyl (C=O) groups excluding carboxylic acids is 2. The van der Waals surface area contributed by atoms with Crippen LogP contribution in [0.5, 0.6) is 0 Å². The topological polar surface area (TPSA) is 142 Å². The molecule has 1 aliphatic rings. The number of carbonyl (C=O) groups is 2. The molecule has 11 heteroatoms. The van der Waals surface area contributed by atoms with Gasteiger partial charge in [0.2, 0.25) is 0 Å². The second-order valence-electron chi connectivity index (χ2n) is 8.52. The minimum Gasteiger partial charge on any atom is -0.469 e. The van der Waals surface area contributed by atoms with Crippen LogP contribution in [0.15, 0.2) is 46.9 Å². The highest BCUT2D eigenvalue weighted by atomic mass is 19.1. The molecular weight excluding hydrogens is 469 g/mol. The molecule has 4 N–H and O–H groups in total. The predicted molar refractivity (Wildman–Crippen MR) is 130 cm³/mol. The summed E-state index contributed by atoms with van der Waals surface area (Å²) < 4.78 is 28.8. The zero-order valence-electron chi connectivity index (χ0n) is 19.8. The van der Waals surface area contributed by atoms with Gasteiger partial charge in [0, 0.05) is 5.69 Å². The molecule has 0 radical (unpaired) electrons. The molecule has 1 amide bonds. The molecule has 0 unspecified atom stereocenters. The number of nitrogens with two attached hydrogens (primary N) is 1. The van der Waals surface area contributed by atoms with E-state index in [9.17, 15) is 14.0 Å². The largest absolute Gasteiger partial charge is 0.469 e. The first-order valence-corrected chi connectivity index (χ1v) is 11.7. The molecule has 190 valence electrons. The molecule has 1 aliphatic carbocycles. The van der Waals surface area contributed by atoms with Gasteiger partial charge >= 0.3 is 23.8 Å². The number of anilines is 4. The lowest BCUT2D eigenvalue weighted by Gasteiger charge is -2.29. The van der Waals surface area contributed by atoms with Gasteiger partial charge < -0.3 is 30.3 Å². The number of hydrogen-bond acceptors (Lipinski definition) is 9. The minimum absolute atomic E-state index is 0.0000402. The third kappa shape index (κ3) is 6.57. The molecule has 0 aliphatic heterocycles.